The number of halogens is 2. The summed E-state index contributed by atoms with van der Waals surface area (Å²) in [7, 11) is 1.62. The van der Waals surface area contributed by atoms with E-state index in [9.17, 15) is 0 Å². The van der Waals surface area contributed by atoms with Crippen molar-refractivity contribution in [3.05, 3.63) is 58.6 Å². The fourth-order valence-electron chi connectivity index (χ4n) is 1.82. The molecule has 0 amide bonds. The van der Waals surface area contributed by atoms with Crippen molar-refractivity contribution in [3.8, 4) is 23.3 Å². The molecular formula is C17H14Cl2O2. The molecular weight excluding hydrogens is 307 g/mol. The van der Waals surface area contributed by atoms with E-state index in [-0.39, 0.29) is 0 Å². The van der Waals surface area contributed by atoms with E-state index in [2.05, 4.69) is 11.8 Å². The number of alkyl halides is 1. The summed E-state index contributed by atoms with van der Waals surface area (Å²) in [5.41, 5.74) is 1.76. The van der Waals surface area contributed by atoms with Gasteiger partial charge in [-0.1, -0.05) is 29.5 Å². The summed E-state index contributed by atoms with van der Waals surface area (Å²) >= 11 is 11.5. The van der Waals surface area contributed by atoms with Crippen LogP contribution in [0.5, 0.6) is 11.5 Å². The number of ether oxygens (including phenoxy) is 2. The van der Waals surface area contributed by atoms with Crippen LogP contribution in [0.3, 0.4) is 0 Å². The molecule has 0 atom stereocenters. The molecule has 2 rings (SSSR count). The molecule has 21 heavy (non-hydrogen) atoms. The molecule has 0 saturated carbocycles. The Kier molecular flexibility index (Phi) is 5.80. The van der Waals surface area contributed by atoms with Gasteiger partial charge in [0.15, 0.2) is 0 Å². The maximum absolute atomic E-state index is 6.00. The zero-order valence-electron chi connectivity index (χ0n) is 11.5. The number of benzene rings is 2. The van der Waals surface area contributed by atoms with Crippen LogP contribution in [0, 0.1) is 11.8 Å². The Balaban J connectivity index is 2.11. The molecule has 108 valence electrons. The van der Waals surface area contributed by atoms with E-state index >= 15 is 0 Å². The molecule has 2 nitrogen and oxygen atoms in total. The van der Waals surface area contributed by atoms with Crippen molar-refractivity contribution in [1.82, 2.24) is 0 Å². The van der Waals surface area contributed by atoms with Crippen molar-refractivity contribution in [2.75, 3.05) is 13.0 Å². The van der Waals surface area contributed by atoms with Crippen LogP contribution in [-0.2, 0) is 6.61 Å². The molecule has 0 unspecified atom stereocenters. The molecule has 0 radical (unpaired) electrons. The average molecular weight is 321 g/mol. The lowest BCUT2D eigenvalue weighted by molar-refractivity contribution is 0.296. The zero-order valence-corrected chi connectivity index (χ0v) is 13.0. The van der Waals surface area contributed by atoms with Crippen molar-refractivity contribution in [2.45, 2.75) is 6.61 Å². The maximum atomic E-state index is 6.00. The van der Waals surface area contributed by atoms with Gasteiger partial charge in [-0.05, 0) is 36.4 Å². The summed E-state index contributed by atoms with van der Waals surface area (Å²) < 4.78 is 11.1. The van der Waals surface area contributed by atoms with Gasteiger partial charge in [-0.3, -0.25) is 0 Å². The molecule has 2 aromatic carbocycles. The van der Waals surface area contributed by atoms with E-state index in [1.54, 1.807) is 13.2 Å². The quantitative estimate of drug-likeness (QED) is 0.609. The minimum atomic E-state index is 0.310. The van der Waals surface area contributed by atoms with Crippen LogP contribution in [0.25, 0.3) is 0 Å². The van der Waals surface area contributed by atoms with E-state index in [4.69, 9.17) is 32.7 Å². The topological polar surface area (TPSA) is 18.5 Å². The minimum Gasteiger partial charge on any atom is -0.496 e. The third kappa shape index (κ3) is 4.60. The molecule has 0 saturated heterocycles. The second-order valence-corrected chi connectivity index (χ2v) is 4.91. The Morgan fingerprint density at radius 3 is 2.76 bits per heavy atom. The average Bonchev–Trinajstić information content (AvgIpc) is 2.51. The van der Waals surface area contributed by atoms with E-state index in [1.165, 1.54) is 0 Å². The highest BCUT2D eigenvalue weighted by Gasteiger charge is 2.05. The van der Waals surface area contributed by atoms with Crippen molar-refractivity contribution in [1.29, 1.82) is 0 Å². The third-order valence-corrected chi connectivity index (χ3v) is 3.14. The Morgan fingerprint density at radius 1 is 1.14 bits per heavy atom. The van der Waals surface area contributed by atoms with Crippen LogP contribution in [0.4, 0.5) is 0 Å². The van der Waals surface area contributed by atoms with Gasteiger partial charge < -0.3 is 9.47 Å². The van der Waals surface area contributed by atoms with Crippen molar-refractivity contribution >= 4 is 23.2 Å². The summed E-state index contributed by atoms with van der Waals surface area (Å²) in [6.45, 7) is 0.371. The molecule has 0 aliphatic rings. The largest absolute Gasteiger partial charge is 0.496 e. The standard InChI is InChI=1S/C17H14Cl2O2/c1-20-17-8-7-15(19)11-14(17)12-21-16-6-2-4-13(10-16)5-3-9-18/h2,4,6-8,10-11H,9,12H2,1H3. The summed E-state index contributed by atoms with van der Waals surface area (Å²) in [6, 6.07) is 13.0. The molecule has 0 bridgehead atoms. The fourth-order valence-corrected chi connectivity index (χ4v) is 2.08. The number of hydrogen-bond acceptors (Lipinski definition) is 2. The predicted octanol–water partition coefficient (Wildman–Crippen LogP) is 4.52. The van der Waals surface area contributed by atoms with E-state index in [0.717, 1.165) is 22.6 Å². The molecule has 0 aliphatic heterocycles. The first-order chi connectivity index (χ1) is 10.2. The van der Waals surface area contributed by atoms with Gasteiger partial charge in [0.2, 0.25) is 0 Å². The van der Waals surface area contributed by atoms with Crippen molar-refractivity contribution < 1.29 is 9.47 Å². The first kappa shape index (κ1) is 15.6. The predicted molar refractivity (Wildman–Crippen MR) is 86.4 cm³/mol. The third-order valence-electron chi connectivity index (χ3n) is 2.77. The Labute approximate surface area is 134 Å². The normalized spacial score (nSPS) is 9.67. The maximum Gasteiger partial charge on any atom is 0.125 e. The van der Waals surface area contributed by atoms with E-state index < -0.39 is 0 Å². The first-order valence-electron chi connectivity index (χ1n) is 6.33. The van der Waals surface area contributed by atoms with Gasteiger partial charge in [-0.25, -0.2) is 0 Å². The van der Waals surface area contributed by atoms with Gasteiger partial charge in [0.1, 0.15) is 18.1 Å². The summed E-state index contributed by atoms with van der Waals surface area (Å²) in [5.74, 6) is 7.56. The highest BCUT2D eigenvalue weighted by molar-refractivity contribution is 6.30. The molecule has 4 heteroatoms. The van der Waals surface area contributed by atoms with Crippen LogP contribution >= 0.6 is 23.2 Å². The van der Waals surface area contributed by atoms with E-state index in [1.807, 2.05) is 36.4 Å². The summed E-state index contributed by atoms with van der Waals surface area (Å²) in [6.07, 6.45) is 0. The first-order valence-corrected chi connectivity index (χ1v) is 7.24. The molecule has 0 spiro atoms. The molecule has 2 aromatic rings. The minimum absolute atomic E-state index is 0.310. The number of methoxy groups -OCH3 is 1. The number of rotatable bonds is 4. The van der Waals surface area contributed by atoms with Gasteiger partial charge in [0.05, 0.1) is 13.0 Å². The second-order valence-electron chi connectivity index (χ2n) is 4.21. The Bertz CT molecular complexity index is 672. The lowest BCUT2D eigenvalue weighted by Gasteiger charge is -2.11. The Hall–Kier alpha value is -1.82. The number of hydrogen-bond donors (Lipinski definition) is 0. The molecule has 0 fully saturated rings. The van der Waals surface area contributed by atoms with Gasteiger partial charge in [0.25, 0.3) is 0 Å². The smallest absolute Gasteiger partial charge is 0.125 e. The van der Waals surface area contributed by atoms with E-state index in [0.29, 0.717) is 17.5 Å². The molecule has 0 N–H and O–H groups in total. The van der Waals surface area contributed by atoms with Gasteiger partial charge >= 0.3 is 0 Å². The highest BCUT2D eigenvalue weighted by Crippen LogP contribution is 2.24. The van der Waals surface area contributed by atoms with Crippen molar-refractivity contribution in [3.63, 3.8) is 0 Å². The SMILES string of the molecule is COc1ccc(Cl)cc1COc1cccc(C#CCCl)c1. The van der Waals surface area contributed by atoms with Gasteiger partial charge in [0, 0.05) is 16.1 Å². The van der Waals surface area contributed by atoms with Crippen LogP contribution in [0.2, 0.25) is 5.02 Å². The van der Waals surface area contributed by atoms with Crippen LogP contribution in [-0.4, -0.2) is 13.0 Å². The summed E-state index contributed by atoms with van der Waals surface area (Å²) in [5, 5.41) is 0.649. The molecule has 0 aromatic heterocycles. The highest BCUT2D eigenvalue weighted by atomic mass is 35.5. The van der Waals surface area contributed by atoms with Crippen LogP contribution in [0.15, 0.2) is 42.5 Å². The lowest BCUT2D eigenvalue weighted by atomic mass is 10.2. The molecule has 0 aliphatic carbocycles. The van der Waals surface area contributed by atoms with Crippen molar-refractivity contribution in [2.24, 2.45) is 0 Å². The Morgan fingerprint density at radius 2 is 2.00 bits per heavy atom. The second kappa shape index (κ2) is 7.83. The van der Waals surface area contributed by atoms with Gasteiger partial charge in [-0.2, -0.15) is 0 Å². The fraction of sp³-hybridized carbons (Fsp3) is 0.176. The summed E-state index contributed by atoms with van der Waals surface area (Å²) in [4.78, 5) is 0. The zero-order chi connectivity index (χ0) is 15.1. The van der Waals surface area contributed by atoms with Crippen LogP contribution in [0.1, 0.15) is 11.1 Å². The lowest BCUT2D eigenvalue weighted by Crippen LogP contribution is -1.99. The van der Waals surface area contributed by atoms with Gasteiger partial charge in [-0.15, -0.1) is 11.6 Å². The molecule has 0 heterocycles. The van der Waals surface area contributed by atoms with Crippen LogP contribution < -0.4 is 9.47 Å². The monoisotopic (exact) mass is 320 g/mol.